The molecule has 0 fully saturated rings. The van der Waals surface area contributed by atoms with E-state index >= 15 is 0 Å². The molecule has 1 heterocycles. The molecule has 0 amide bonds. The SMILES string of the molecule is CC(C)(C)OC(=O)c1c(-c2ccc(F)c(Cl)c2)csc1N. The van der Waals surface area contributed by atoms with Crippen molar-refractivity contribution in [2.24, 2.45) is 0 Å². The molecule has 0 bridgehead atoms. The van der Waals surface area contributed by atoms with E-state index in [-0.39, 0.29) is 10.6 Å². The number of esters is 1. The first-order valence-corrected chi connectivity index (χ1v) is 7.50. The van der Waals surface area contributed by atoms with Gasteiger partial charge in [-0.15, -0.1) is 11.3 Å². The number of hydrogen-bond donors (Lipinski definition) is 1. The first-order chi connectivity index (χ1) is 9.69. The van der Waals surface area contributed by atoms with Gasteiger partial charge >= 0.3 is 5.97 Å². The number of ether oxygens (including phenoxy) is 1. The molecule has 3 nitrogen and oxygen atoms in total. The van der Waals surface area contributed by atoms with Crippen LogP contribution in [-0.2, 0) is 4.74 Å². The molecule has 0 spiro atoms. The zero-order chi connectivity index (χ0) is 15.8. The van der Waals surface area contributed by atoms with Crippen LogP contribution in [0.3, 0.4) is 0 Å². The molecule has 1 aromatic carbocycles. The first-order valence-electron chi connectivity index (χ1n) is 6.25. The van der Waals surface area contributed by atoms with E-state index in [0.29, 0.717) is 16.1 Å². The molecule has 0 aliphatic heterocycles. The number of thiophene rings is 1. The third kappa shape index (κ3) is 3.54. The number of halogens is 2. The predicted octanol–water partition coefficient (Wildman–Crippen LogP) is 4.75. The maximum atomic E-state index is 13.3. The highest BCUT2D eigenvalue weighted by Crippen LogP contribution is 2.36. The zero-order valence-electron chi connectivity index (χ0n) is 11.9. The second-order valence-electron chi connectivity index (χ2n) is 5.52. The van der Waals surface area contributed by atoms with Crippen molar-refractivity contribution in [3.8, 4) is 11.1 Å². The average Bonchev–Trinajstić information content (AvgIpc) is 2.72. The molecule has 2 rings (SSSR count). The molecule has 2 N–H and O–H groups in total. The fourth-order valence-electron chi connectivity index (χ4n) is 1.79. The fraction of sp³-hybridized carbons (Fsp3) is 0.267. The van der Waals surface area contributed by atoms with Crippen LogP contribution in [0.1, 0.15) is 31.1 Å². The normalized spacial score (nSPS) is 11.5. The number of carbonyl (C=O) groups is 1. The molecular formula is C15H15ClFNO2S. The van der Waals surface area contributed by atoms with E-state index in [1.807, 2.05) is 0 Å². The first kappa shape index (κ1) is 15.8. The highest BCUT2D eigenvalue weighted by molar-refractivity contribution is 7.15. The Morgan fingerprint density at radius 2 is 2.05 bits per heavy atom. The lowest BCUT2D eigenvalue weighted by atomic mass is 10.0. The molecule has 0 atom stereocenters. The number of nitrogens with two attached hydrogens (primary N) is 1. The van der Waals surface area contributed by atoms with Crippen molar-refractivity contribution in [3.63, 3.8) is 0 Å². The summed E-state index contributed by atoms with van der Waals surface area (Å²) in [6.45, 7) is 5.34. The van der Waals surface area contributed by atoms with Gasteiger partial charge in [0.1, 0.15) is 22.0 Å². The maximum Gasteiger partial charge on any atom is 0.342 e. The third-order valence-corrected chi connectivity index (χ3v) is 3.75. The van der Waals surface area contributed by atoms with E-state index in [1.165, 1.54) is 23.5 Å². The summed E-state index contributed by atoms with van der Waals surface area (Å²) in [6.07, 6.45) is 0. The Balaban J connectivity index is 2.47. The highest BCUT2D eigenvalue weighted by atomic mass is 35.5. The summed E-state index contributed by atoms with van der Waals surface area (Å²) in [5.41, 5.74) is 6.76. The number of hydrogen-bond acceptors (Lipinski definition) is 4. The number of carbonyl (C=O) groups excluding carboxylic acids is 1. The summed E-state index contributed by atoms with van der Waals surface area (Å²) in [5.74, 6) is -1.01. The van der Waals surface area contributed by atoms with Crippen LogP contribution in [0.4, 0.5) is 9.39 Å². The van der Waals surface area contributed by atoms with Gasteiger partial charge in [0.2, 0.25) is 0 Å². The lowest BCUT2D eigenvalue weighted by molar-refractivity contribution is 0.00722. The Morgan fingerprint density at radius 3 is 2.62 bits per heavy atom. The lowest BCUT2D eigenvalue weighted by Gasteiger charge is -2.20. The quantitative estimate of drug-likeness (QED) is 0.810. The summed E-state index contributed by atoms with van der Waals surface area (Å²) in [6, 6.07) is 4.27. The summed E-state index contributed by atoms with van der Waals surface area (Å²) >= 11 is 7.02. The topological polar surface area (TPSA) is 52.3 Å². The van der Waals surface area contributed by atoms with E-state index in [2.05, 4.69) is 0 Å². The summed E-state index contributed by atoms with van der Waals surface area (Å²) in [7, 11) is 0. The van der Waals surface area contributed by atoms with Crippen LogP contribution in [-0.4, -0.2) is 11.6 Å². The summed E-state index contributed by atoms with van der Waals surface area (Å²) < 4.78 is 18.6. The molecule has 1 aromatic heterocycles. The number of benzene rings is 1. The molecule has 112 valence electrons. The van der Waals surface area contributed by atoms with Crippen LogP contribution in [0.25, 0.3) is 11.1 Å². The molecule has 0 aliphatic carbocycles. The van der Waals surface area contributed by atoms with Gasteiger partial charge in [0.05, 0.1) is 5.02 Å². The van der Waals surface area contributed by atoms with Gasteiger partial charge in [0, 0.05) is 10.9 Å². The lowest BCUT2D eigenvalue weighted by Crippen LogP contribution is -2.24. The average molecular weight is 328 g/mol. The number of rotatable bonds is 2. The molecular weight excluding hydrogens is 313 g/mol. The van der Waals surface area contributed by atoms with Crippen molar-refractivity contribution >= 4 is 33.9 Å². The van der Waals surface area contributed by atoms with Crippen molar-refractivity contribution in [2.75, 3.05) is 5.73 Å². The minimum absolute atomic E-state index is 0.00703. The highest BCUT2D eigenvalue weighted by Gasteiger charge is 2.24. The number of anilines is 1. The van der Waals surface area contributed by atoms with Crippen molar-refractivity contribution < 1.29 is 13.9 Å². The van der Waals surface area contributed by atoms with Crippen LogP contribution in [0.15, 0.2) is 23.6 Å². The van der Waals surface area contributed by atoms with Crippen LogP contribution in [0.5, 0.6) is 0 Å². The van der Waals surface area contributed by atoms with Crippen molar-refractivity contribution in [1.82, 2.24) is 0 Å². The Hall–Kier alpha value is -1.59. The van der Waals surface area contributed by atoms with Gasteiger partial charge in [-0.25, -0.2) is 9.18 Å². The Morgan fingerprint density at radius 1 is 1.38 bits per heavy atom. The molecule has 21 heavy (non-hydrogen) atoms. The standard InChI is InChI=1S/C15H15ClFNO2S/c1-15(2,3)20-14(19)12-9(7-21-13(12)18)8-4-5-11(17)10(16)6-8/h4-7H,18H2,1-3H3. The molecule has 0 saturated carbocycles. The monoisotopic (exact) mass is 327 g/mol. The van der Waals surface area contributed by atoms with Crippen LogP contribution in [0, 0.1) is 5.82 Å². The van der Waals surface area contributed by atoms with Crippen LogP contribution in [0.2, 0.25) is 5.02 Å². The van der Waals surface area contributed by atoms with Crippen molar-refractivity contribution in [3.05, 3.63) is 40.0 Å². The summed E-state index contributed by atoms with van der Waals surface area (Å²) in [5, 5.41) is 2.09. The largest absolute Gasteiger partial charge is 0.456 e. The van der Waals surface area contributed by atoms with Gasteiger partial charge in [0.15, 0.2) is 0 Å². The van der Waals surface area contributed by atoms with E-state index < -0.39 is 17.4 Å². The van der Waals surface area contributed by atoms with Gasteiger partial charge in [-0.1, -0.05) is 17.7 Å². The van der Waals surface area contributed by atoms with Gasteiger partial charge in [0.25, 0.3) is 0 Å². The second-order valence-corrected chi connectivity index (χ2v) is 6.84. The maximum absolute atomic E-state index is 13.3. The molecule has 2 aromatic rings. The second kappa shape index (κ2) is 5.66. The zero-order valence-corrected chi connectivity index (χ0v) is 13.4. The van der Waals surface area contributed by atoms with Gasteiger partial charge in [-0.05, 0) is 38.5 Å². The minimum Gasteiger partial charge on any atom is -0.456 e. The van der Waals surface area contributed by atoms with Crippen molar-refractivity contribution in [1.29, 1.82) is 0 Å². The summed E-state index contributed by atoms with van der Waals surface area (Å²) in [4.78, 5) is 12.3. The third-order valence-electron chi connectivity index (χ3n) is 2.65. The van der Waals surface area contributed by atoms with E-state index in [9.17, 15) is 9.18 Å². The molecule has 6 heteroatoms. The van der Waals surface area contributed by atoms with Gasteiger partial charge < -0.3 is 10.5 Å². The van der Waals surface area contributed by atoms with Crippen LogP contribution >= 0.6 is 22.9 Å². The van der Waals surface area contributed by atoms with Crippen LogP contribution < -0.4 is 5.73 Å². The van der Waals surface area contributed by atoms with Gasteiger partial charge in [-0.3, -0.25) is 0 Å². The minimum atomic E-state index is -0.622. The molecule has 0 radical (unpaired) electrons. The Bertz CT molecular complexity index is 691. The molecule has 0 aliphatic rings. The molecule has 0 saturated heterocycles. The smallest absolute Gasteiger partial charge is 0.342 e. The predicted molar refractivity (Wildman–Crippen MR) is 84.3 cm³/mol. The van der Waals surface area contributed by atoms with E-state index in [4.69, 9.17) is 22.1 Å². The molecule has 0 unspecified atom stereocenters. The number of nitrogen functional groups attached to an aromatic ring is 1. The van der Waals surface area contributed by atoms with Gasteiger partial charge in [-0.2, -0.15) is 0 Å². The van der Waals surface area contributed by atoms with Crippen molar-refractivity contribution in [2.45, 2.75) is 26.4 Å². The van der Waals surface area contributed by atoms with E-state index in [0.717, 1.165) is 0 Å². The fourth-order valence-corrected chi connectivity index (χ4v) is 2.78. The Labute approximate surface area is 131 Å². The van der Waals surface area contributed by atoms with E-state index in [1.54, 1.807) is 32.2 Å². The Kier molecular flexibility index (Phi) is 4.25.